The van der Waals surface area contributed by atoms with E-state index >= 15 is 0 Å². The molecule has 0 atom stereocenters. The number of hydrogen-bond donors (Lipinski definition) is 0. The van der Waals surface area contributed by atoms with Crippen molar-refractivity contribution >= 4 is 46.1 Å². The first-order valence-electron chi connectivity index (χ1n) is 4.47. The summed E-state index contributed by atoms with van der Waals surface area (Å²) in [5, 5.41) is 1.15. The van der Waals surface area contributed by atoms with Gasteiger partial charge in [0.25, 0.3) is 0 Å². The van der Waals surface area contributed by atoms with Gasteiger partial charge in [-0.1, -0.05) is 34.8 Å². The van der Waals surface area contributed by atoms with Crippen molar-refractivity contribution in [2.45, 2.75) is 6.61 Å². The van der Waals surface area contributed by atoms with E-state index in [1.165, 1.54) is 11.3 Å². The Kier molecular flexibility index (Phi) is 3.98. The van der Waals surface area contributed by atoms with Crippen LogP contribution in [0.15, 0.2) is 30.3 Å². The molecule has 0 bridgehead atoms. The van der Waals surface area contributed by atoms with Gasteiger partial charge in [-0.25, -0.2) is 0 Å². The second-order valence-electron chi connectivity index (χ2n) is 3.07. The Labute approximate surface area is 113 Å². The summed E-state index contributed by atoms with van der Waals surface area (Å²) in [6.45, 7) is 0.442. The Morgan fingerprint density at radius 3 is 2.56 bits per heavy atom. The molecule has 0 N–H and O–H groups in total. The number of halogens is 3. The zero-order valence-corrected chi connectivity index (χ0v) is 11.1. The molecule has 0 unspecified atom stereocenters. The summed E-state index contributed by atoms with van der Waals surface area (Å²) in [6, 6.07) is 8.88. The van der Waals surface area contributed by atoms with Gasteiger partial charge in [0.2, 0.25) is 0 Å². The molecule has 1 nitrogen and oxygen atoms in total. The summed E-state index contributed by atoms with van der Waals surface area (Å²) in [5.41, 5.74) is 0. The van der Waals surface area contributed by atoms with Crippen molar-refractivity contribution in [2.24, 2.45) is 0 Å². The quantitative estimate of drug-likeness (QED) is 0.747. The van der Waals surface area contributed by atoms with Crippen LogP contribution in [-0.4, -0.2) is 0 Å². The van der Waals surface area contributed by atoms with E-state index in [-0.39, 0.29) is 0 Å². The fourth-order valence-corrected chi connectivity index (χ4v) is 2.50. The second kappa shape index (κ2) is 5.28. The number of ether oxygens (including phenoxy) is 1. The molecule has 84 valence electrons. The Balaban J connectivity index is 2.07. The monoisotopic (exact) mass is 292 g/mol. The molecular weight excluding hydrogens is 287 g/mol. The Bertz CT molecular complexity index is 496. The van der Waals surface area contributed by atoms with Gasteiger partial charge in [0.15, 0.2) is 0 Å². The summed E-state index contributed by atoms with van der Waals surface area (Å²) in [7, 11) is 0. The zero-order chi connectivity index (χ0) is 11.5. The highest BCUT2D eigenvalue weighted by Gasteiger charge is 2.04. The van der Waals surface area contributed by atoms with Crippen LogP contribution < -0.4 is 4.74 Å². The van der Waals surface area contributed by atoms with Crippen LogP contribution in [-0.2, 0) is 6.61 Å². The molecule has 0 fully saturated rings. The largest absolute Gasteiger partial charge is 0.486 e. The number of hydrogen-bond acceptors (Lipinski definition) is 2. The summed E-state index contributed by atoms with van der Waals surface area (Å²) < 4.78 is 6.30. The average molecular weight is 294 g/mol. The van der Waals surface area contributed by atoms with Crippen LogP contribution in [0, 0.1) is 0 Å². The van der Waals surface area contributed by atoms with Crippen molar-refractivity contribution in [1.29, 1.82) is 0 Å². The minimum absolute atomic E-state index is 0.442. The third kappa shape index (κ3) is 3.05. The van der Waals surface area contributed by atoms with Crippen molar-refractivity contribution in [3.05, 3.63) is 49.6 Å². The second-order valence-corrected chi connectivity index (χ2v) is 5.71. The van der Waals surface area contributed by atoms with E-state index in [0.29, 0.717) is 22.4 Å². The Hall–Kier alpha value is -0.410. The van der Waals surface area contributed by atoms with Crippen LogP contribution in [0.25, 0.3) is 0 Å². The van der Waals surface area contributed by atoms with E-state index in [9.17, 15) is 0 Å². The SMILES string of the molecule is Clc1ccc(Cl)c(OCc2ccc(Cl)s2)c1. The maximum atomic E-state index is 5.96. The third-order valence-electron chi connectivity index (χ3n) is 1.89. The molecule has 2 aromatic rings. The van der Waals surface area contributed by atoms with E-state index in [4.69, 9.17) is 39.5 Å². The summed E-state index contributed by atoms with van der Waals surface area (Å²) in [6.07, 6.45) is 0. The van der Waals surface area contributed by atoms with Crippen LogP contribution in [0.4, 0.5) is 0 Å². The van der Waals surface area contributed by atoms with E-state index < -0.39 is 0 Å². The van der Waals surface area contributed by atoms with Crippen LogP contribution in [0.3, 0.4) is 0 Å². The Morgan fingerprint density at radius 2 is 1.88 bits per heavy atom. The van der Waals surface area contributed by atoms with Crippen LogP contribution in [0.1, 0.15) is 4.88 Å². The normalized spacial score (nSPS) is 10.4. The fraction of sp³-hybridized carbons (Fsp3) is 0.0909. The molecule has 0 aliphatic heterocycles. The zero-order valence-electron chi connectivity index (χ0n) is 8.04. The fourth-order valence-electron chi connectivity index (χ4n) is 1.17. The molecule has 2 rings (SSSR count). The van der Waals surface area contributed by atoms with E-state index in [1.54, 1.807) is 18.2 Å². The average Bonchev–Trinajstić information content (AvgIpc) is 2.66. The first-order valence-corrected chi connectivity index (χ1v) is 6.42. The predicted octanol–water partition coefficient (Wildman–Crippen LogP) is 5.29. The van der Waals surface area contributed by atoms with Gasteiger partial charge in [0.05, 0.1) is 9.36 Å². The van der Waals surface area contributed by atoms with Gasteiger partial charge in [0, 0.05) is 16.0 Å². The molecule has 0 aliphatic rings. The van der Waals surface area contributed by atoms with Crippen molar-refractivity contribution in [3.63, 3.8) is 0 Å². The van der Waals surface area contributed by atoms with Crippen molar-refractivity contribution < 1.29 is 4.74 Å². The molecule has 5 heteroatoms. The summed E-state index contributed by atoms with van der Waals surface area (Å²) in [5.74, 6) is 0.582. The van der Waals surface area contributed by atoms with Crippen LogP contribution in [0.2, 0.25) is 14.4 Å². The highest BCUT2D eigenvalue weighted by atomic mass is 35.5. The van der Waals surface area contributed by atoms with E-state index in [0.717, 1.165) is 9.21 Å². The molecule has 0 radical (unpaired) electrons. The van der Waals surface area contributed by atoms with E-state index in [1.807, 2.05) is 12.1 Å². The van der Waals surface area contributed by atoms with Gasteiger partial charge in [-0.15, -0.1) is 11.3 Å². The molecule has 1 aromatic carbocycles. The third-order valence-corrected chi connectivity index (χ3v) is 3.64. The van der Waals surface area contributed by atoms with E-state index in [2.05, 4.69) is 0 Å². The number of benzene rings is 1. The van der Waals surface area contributed by atoms with Gasteiger partial charge >= 0.3 is 0 Å². The van der Waals surface area contributed by atoms with Gasteiger partial charge in [0.1, 0.15) is 12.4 Å². The topological polar surface area (TPSA) is 9.23 Å². The minimum Gasteiger partial charge on any atom is -0.486 e. The Morgan fingerprint density at radius 1 is 1.06 bits per heavy atom. The lowest BCUT2D eigenvalue weighted by atomic mass is 10.3. The molecule has 0 aliphatic carbocycles. The minimum atomic E-state index is 0.442. The standard InChI is InChI=1S/C11H7Cl3OS/c12-7-1-3-9(13)10(5-7)15-6-8-2-4-11(14)16-8/h1-5H,6H2. The lowest BCUT2D eigenvalue weighted by molar-refractivity contribution is 0.310. The highest BCUT2D eigenvalue weighted by Crippen LogP contribution is 2.29. The van der Waals surface area contributed by atoms with Crippen molar-refractivity contribution in [3.8, 4) is 5.75 Å². The summed E-state index contributed by atoms with van der Waals surface area (Å²) in [4.78, 5) is 1.04. The predicted molar refractivity (Wildman–Crippen MR) is 70.1 cm³/mol. The smallest absolute Gasteiger partial charge is 0.139 e. The molecule has 0 amide bonds. The van der Waals surface area contributed by atoms with Crippen molar-refractivity contribution in [1.82, 2.24) is 0 Å². The summed E-state index contributed by atoms with van der Waals surface area (Å²) >= 11 is 19.1. The lowest BCUT2D eigenvalue weighted by Gasteiger charge is -2.06. The van der Waals surface area contributed by atoms with Gasteiger partial charge in [-0.05, 0) is 24.3 Å². The molecule has 0 spiro atoms. The first-order chi connectivity index (χ1) is 7.65. The molecule has 0 saturated heterocycles. The molecule has 1 heterocycles. The highest BCUT2D eigenvalue weighted by molar-refractivity contribution is 7.16. The van der Waals surface area contributed by atoms with Gasteiger partial charge in [-0.3, -0.25) is 0 Å². The van der Waals surface area contributed by atoms with Gasteiger partial charge < -0.3 is 4.74 Å². The molecule has 0 saturated carbocycles. The number of rotatable bonds is 3. The lowest BCUT2D eigenvalue weighted by Crippen LogP contribution is -1.93. The maximum absolute atomic E-state index is 5.96. The van der Waals surface area contributed by atoms with Crippen LogP contribution in [0.5, 0.6) is 5.75 Å². The first kappa shape index (κ1) is 12.1. The van der Waals surface area contributed by atoms with Crippen LogP contribution >= 0.6 is 46.1 Å². The maximum Gasteiger partial charge on any atom is 0.139 e. The molecule has 16 heavy (non-hydrogen) atoms. The molecular formula is C11H7Cl3OS. The van der Waals surface area contributed by atoms with Crippen molar-refractivity contribution in [2.75, 3.05) is 0 Å². The van der Waals surface area contributed by atoms with Gasteiger partial charge in [-0.2, -0.15) is 0 Å². The molecule has 1 aromatic heterocycles. The number of thiophene rings is 1.